The molecule has 0 radical (unpaired) electrons. The molecule has 0 bridgehead atoms. The largest absolute Gasteiger partial charge is 0.325 e. The van der Waals surface area contributed by atoms with Gasteiger partial charge in [-0.1, -0.05) is 24.8 Å². The summed E-state index contributed by atoms with van der Waals surface area (Å²) in [5, 5.41) is 9.99. The third kappa shape index (κ3) is 5.30. The van der Waals surface area contributed by atoms with Crippen molar-refractivity contribution in [3.8, 4) is 0 Å². The number of aliphatic imine (C=N–C) groups is 1. The van der Waals surface area contributed by atoms with Crippen LogP contribution >= 0.6 is 11.8 Å². The molecule has 0 aliphatic carbocycles. The molecule has 2 heterocycles. The maximum absolute atomic E-state index is 12.4. The van der Waals surface area contributed by atoms with Crippen LogP contribution in [0.2, 0.25) is 0 Å². The number of hydrogen-bond acceptors (Lipinski definition) is 7. The Labute approximate surface area is 161 Å². The molecule has 0 fully saturated rings. The van der Waals surface area contributed by atoms with Crippen molar-refractivity contribution in [2.75, 3.05) is 17.6 Å². The number of aromatic amines is 1. The van der Waals surface area contributed by atoms with Gasteiger partial charge in [-0.05, 0) is 24.6 Å². The minimum atomic E-state index is -3.72. The van der Waals surface area contributed by atoms with Gasteiger partial charge in [0, 0.05) is 25.1 Å². The van der Waals surface area contributed by atoms with E-state index in [9.17, 15) is 13.2 Å². The van der Waals surface area contributed by atoms with Crippen LogP contribution in [0, 0.1) is 0 Å². The second-order valence-electron chi connectivity index (χ2n) is 5.82. The molecule has 1 aromatic carbocycles. The Morgan fingerprint density at radius 1 is 1.37 bits per heavy atom. The summed E-state index contributed by atoms with van der Waals surface area (Å²) in [6, 6.07) is 6.11. The molecule has 27 heavy (non-hydrogen) atoms. The average molecular weight is 409 g/mol. The lowest BCUT2D eigenvalue weighted by Crippen LogP contribution is -2.29. The van der Waals surface area contributed by atoms with Crippen molar-refractivity contribution in [1.29, 1.82) is 0 Å². The number of sulfonamides is 1. The lowest BCUT2D eigenvalue weighted by Gasteiger charge is -2.10. The quantitative estimate of drug-likeness (QED) is 0.596. The first-order valence-corrected chi connectivity index (χ1v) is 10.9. The molecule has 11 heteroatoms. The molecule has 3 rings (SSSR count). The van der Waals surface area contributed by atoms with E-state index < -0.39 is 10.0 Å². The van der Waals surface area contributed by atoms with Gasteiger partial charge in [0.25, 0.3) is 10.0 Å². The summed E-state index contributed by atoms with van der Waals surface area (Å²) in [6.45, 7) is 2.59. The normalized spacial score (nSPS) is 14.0. The number of amides is 1. The van der Waals surface area contributed by atoms with Crippen LogP contribution in [-0.4, -0.2) is 47.6 Å². The maximum Gasteiger partial charge on any atom is 0.262 e. The average Bonchev–Trinajstić information content (AvgIpc) is 3.31. The SMILES string of the molecule is CCc1nc(SCC(=O)Nc2cccc(S(=O)(=O)NC3=NCCC3)c2)n[nH]1. The smallest absolute Gasteiger partial charge is 0.262 e. The zero-order valence-electron chi connectivity index (χ0n) is 14.7. The van der Waals surface area contributed by atoms with E-state index >= 15 is 0 Å². The third-order valence-electron chi connectivity index (χ3n) is 3.73. The molecule has 1 aliphatic rings. The second-order valence-corrected chi connectivity index (χ2v) is 8.45. The van der Waals surface area contributed by atoms with Gasteiger partial charge < -0.3 is 5.32 Å². The van der Waals surface area contributed by atoms with Gasteiger partial charge in [-0.3, -0.25) is 19.6 Å². The van der Waals surface area contributed by atoms with Crippen LogP contribution < -0.4 is 10.0 Å². The number of nitrogens with zero attached hydrogens (tertiary/aromatic N) is 3. The summed E-state index contributed by atoms with van der Waals surface area (Å²) < 4.78 is 27.4. The van der Waals surface area contributed by atoms with Crippen molar-refractivity contribution in [3.05, 3.63) is 30.1 Å². The van der Waals surface area contributed by atoms with Crippen LogP contribution in [0.1, 0.15) is 25.6 Å². The molecule has 0 atom stereocenters. The Hall–Kier alpha value is -2.40. The monoisotopic (exact) mass is 408 g/mol. The summed E-state index contributed by atoms with van der Waals surface area (Å²) in [6.07, 6.45) is 2.20. The fraction of sp³-hybridized carbons (Fsp3) is 0.375. The molecule has 1 aliphatic heterocycles. The van der Waals surface area contributed by atoms with Crippen molar-refractivity contribution in [1.82, 2.24) is 19.9 Å². The van der Waals surface area contributed by atoms with Crippen molar-refractivity contribution in [3.63, 3.8) is 0 Å². The number of carbonyl (C=O) groups is 1. The fourth-order valence-corrected chi connectivity index (χ4v) is 4.16. The van der Waals surface area contributed by atoms with Gasteiger partial charge in [-0.2, -0.15) is 0 Å². The standard InChI is InChI=1S/C16H20N6O3S2/c1-2-13-19-16(21-20-13)26-10-15(23)18-11-5-3-6-12(9-11)27(24,25)22-14-7-4-8-17-14/h3,5-6,9H,2,4,7-8,10H2,1H3,(H,17,22)(H,18,23)(H,19,20,21). The van der Waals surface area contributed by atoms with E-state index in [1.54, 1.807) is 12.1 Å². The fourth-order valence-electron chi connectivity index (χ4n) is 2.41. The van der Waals surface area contributed by atoms with Gasteiger partial charge in [-0.25, -0.2) is 13.4 Å². The summed E-state index contributed by atoms with van der Waals surface area (Å²) in [5.74, 6) is 1.08. The van der Waals surface area contributed by atoms with Crippen LogP contribution in [0.15, 0.2) is 39.3 Å². The molecule has 0 spiro atoms. The lowest BCUT2D eigenvalue weighted by atomic mass is 10.3. The molecule has 0 saturated carbocycles. The number of benzene rings is 1. The number of carbonyl (C=O) groups excluding carboxylic acids is 1. The van der Waals surface area contributed by atoms with E-state index in [0.29, 0.717) is 29.6 Å². The number of thioether (sulfide) groups is 1. The highest BCUT2D eigenvalue weighted by atomic mass is 32.2. The van der Waals surface area contributed by atoms with Gasteiger partial charge in [0.15, 0.2) is 0 Å². The molecule has 2 aromatic rings. The van der Waals surface area contributed by atoms with Gasteiger partial charge in [-0.15, -0.1) is 5.10 Å². The minimum absolute atomic E-state index is 0.0732. The van der Waals surface area contributed by atoms with E-state index in [1.807, 2.05) is 6.92 Å². The summed E-state index contributed by atoms with van der Waals surface area (Å²) in [7, 11) is -3.72. The first kappa shape index (κ1) is 19.4. The van der Waals surface area contributed by atoms with Crippen molar-refractivity contribution in [2.24, 2.45) is 4.99 Å². The predicted octanol–water partition coefficient (Wildman–Crippen LogP) is 1.57. The lowest BCUT2D eigenvalue weighted by molar-refractivity contribution is -0.113. The van der Waals surface area contributed by atoms with Gasteiger partial charge >= 0.3 is 0 Å². The Morgan fingerprint density at radius 2 is 2.22 bits per heavy atom. The molecule has 3 N–H and O–H groups in total. The Bertz CT molecular complexity index is 955. The van der Waals surface area contributed by atoms with E-state index in [0.717, 1.165) is 18.7 Å². The first-order valence-electron chi connectivity index (χ1n) is 8.46. The highest BCUT2D eigenvalue weighted by molar-refractivity contribution is 7.99. The number of anilines is 1. The second kappa shape index (κ2) is 8.53. The maximum atomic E-state index is 12.4. The minimum Gasteiger partial charge on any atom is -0.325 e. The van der Waals surface area contributed by atoms with Gasteiger partial charge in [0.05, 0.1) is 10.6 Å². The predicted molar refractivity (Wildman–Crippen MR) is 103 cm³/mol. The van der Waals surface area contributed by atoms with Crippen LogP contribution in [-0.2, 0) is 21.2 Å². The third-order valence-corrected chi connectivity index (χ3v) is 5.96. The van der Waals surface area contributed by atoms with E-state index in [4.69, 9.17) is 0 Å². The van der Waals surface area contributed by atoms with Gasteiger partial charge in [0.2, 0.25) is 11.1 Å². The Morgan fingerprint density at radius 3 is 2.93 bits per heavy atom. The molecule has 0 saturated heterocycles. The molecule has 1 amide bonds. The Kier molecular flexibility index (Phi) is 6.11. The number of aryl methyl sites for hydroxylation is 1. The number of hydrogen-bond donors (Lipinski definition) is 3. The topological polar surface area (TPSA) is 129 Å². The number of nitrogens with one attached hydrogen (secondary N) is 3. The van der Waals surface area contributed by atoms with Crippen molar-refractivity contribution < 1.29 is 13.2 Å². The van der Waals surface area contributed by atoms with E-state index in [1.165, 1.54) is 23.9 Å². The van der Waals surface area contributed by atoms with Crippen LogP contribution in [0.5, 0.6) is 0 Å². The molecular formula is C16H20N6O3S2. The number of rotatable bonds is 7. The number of amidine groups is 1. The highest BCUT2D eigenvalue weighted by Crippen LogP contribution is 2.18. The van der Waals surface area contributed by atoms with E-state index in [2.05, 4.69) is 30.2 Å². The molecule has 144 valence electrons. The highest BCUT2D eigenvalue weighted by Gasteiger charge is 2.19. The zero-order valence-corrected chi connectivity index (χ0v) is 16.4. The zero-order chi connectivity index (χ0) is 19.3. The Balaban J connectivity index is 1.60. The molecule has 1 aromatic heterocycles. The van der Waals surface area contributed by atoms with Crippen molar-refractivity contribution >= 4 is 39.2 Å². The van der Waals surface area contributed by atoms with Crippen LogP contribution in [0.25, 0.3) is 0 Å². The molecule has 0 unspecified atom stereocenters. The molecule has 9 nitrogen and oxygen atoms in total. The number of H-pyrrole nitrogens is 1. The molecular weight excluding hydrogens is 388 g/mol. The summed E-state index contributed by atoms with van der Waals surface area (Å²) in [4.78, 5) is 20.5. The summed E-state index contributed by atoms with van der Waals surface area (Å²) >= 11 is 1.20. The van der Waals surface area contributed by atoms with E-state index in [-0.39, 0.29) is 16.6 Å². The van der Waals surface area contributed by atoms with Crippen LogP contribution in [0.4, 0.5) is 5.69 Å². The van der Waals surface area contributed by atoms with Gasteiger partial charge in [0.1, 0.15) is 11.7 Å². The van der Waals surface area contributed by atoms with Crippen molar-refractivity contribution in [2.45, 2.75) is 36.2 Å². The van der Waals surface area contributed by atoms with Crippen LogP contribution in [0.3, 0.4) is 0 Å². The number of aromatic nitrogens is 3. The summed E-state index contributed by atoms with van der Waals surface area (Å²) in [5.41, 5.74) is 0.404. The first-order chi connectivity index (χ1) is 13.0.